The molecule has 0 bridgehead atoms. The van der Waals surface area contributed by atoms with Gasteiger partial charge in [-0.1, -0.05) is 0 Å². The van der Waals surface area contributed by atoms with Gasteiger partial charge in [-0.2, -0.15) is 18.2 Å². The van der Waals surface area contributed by atoms with Gasteiger partial charge < -0.3 is 4.74 Å². The summed E-state index contributed by atoms with van der Waals surface area (Å²) in [6.45, 7) is 0. The van der Waals surface area contributed by atoms with Gasteiger partial charge in [-0.3, -0.25) is 0 Å². The Hall–Kier alpha value is -0.980. The maximum atomic E-state index is 4.86. The second kappa shape index (κ2) is 2.36. The molecular weight excluding hydrogens is 100 g/mol. The van der Waals surface area contributed by atoms with Crippen LogP contribution < -0.4 is 4.74 Å². The Morgan fingerprint density at radius 1 is 1.50 bits per heavy atom. The number of para-hydroxylation sites is 1. The fourth-order valence-corrected chi connectivity index (χ4v) is 0.504. The van der Waals surface area contributed by atoms with Crippen molar-refractivity contribution >= 4 is 0 Å². The summed E-state index contributed by atoms with van der Waals surface area (Å²) < 4.78 is 4.86. The summed E-state index contributed by atoms with van der Waals surface area (Å²) in [5.74, 6) is 0.785. The Labute approximate surface area is 48.9 Å². The van der Waals surface area contributed by atoms with Crippen molar-refractivity contribution in [3.63, 3.8) is 0 Å². The van der Waals surface area contributed by atoms with Crippen LogP contribution in [0.2, 0.25) is 0 Å². The predicted octanol–water partition coefficient (Wildman–Crippen LogP) is 1.50. The third-order valence-electron chi connectivity index (χ3n) is 0.900. The molecule has 1 rings (SSSR count). The molecule has 0 aliphatic rings. The summed E-state index contributed by atoms with van der Waals surface area (Å²) in [5, 5.41) is 0. The van der Waals surface area contributed by atoms with Crippen LogP contribution in [0.15, 0.2) is 24.3 Å². The van der Waals surface area contributed by atoms with Crippen molar-refractivity contribution in [3.8, 4) is 5.75 Å². The molecule has 1 aromatic rings. The van der Waals surface area contributed by atoms with Gasteiger partial charge in [0.05, 0.1) is 7.11 Å². The van der Waals surface area contributed by atoms with Crippen molar-refractivity contribution in [2.75, 3.05) is 7.11 Å². The fraction of sp³-hybridized carbons (Fsp3) is 0.143. The Morgan fingerprint density at radius 2 is 2.38 bits per heavy atom. The molecule has 0 saturated heterocycles. The topological polar surface area (TPSA) is 9.23 Å². The molecule has 8 heavy (non-hydrogen) atoms. The lowest BCUT2D eigenvalue weighted by Gasteiger charge is -2.01. The molecular formula is C7H7O-. The summed E-state index contributed by atoms with van der Waals surface area (Å²) in [7, 11) is 1.63. The number of ether oxygens (including phenoxy) is 1. The minimum absolute atomic E-state index is 0.785. The molecule has 1 heteroatoms. The van der Waals surface area contributed by atoms with Crippen molar-refractivity contribution < 1.29 is 4.74 Å². The van der Waals surface area contributed by atoms with E-state index in [2.05, 4.69) is 6.07 Å². The SMILES string of the molecule is COc1[c-]cccc1. The minimum atomic E-state index is 0.785. The molecule has 0 atom stereocenters. The molecule has 0 fully saturated rings. The Balaban J connectivity index is 2.83. The zero-order valence-electron chi connectivity index (χ0n) is 4.72. The van der Waals surface area contributed by atoms with Crippen LogP contribution in [-0.2, 0) is 0 Å². The number of hydrogen-bond donors (Lipinski definition) is 0. The molecule has 0 N–H and O–H groups in total. The highest BCUT2D eigenvalue weighted by Gasteiger charge is 1.70. The Morgan fingerprint density at radius 3 is 2.75 bits per heavy atom. The monoisotopic (exact) mass is 107 g/mol. The third kappa shape index (κ3) is 0.997. The van der Waals surface area contributed by atoms with E-state index in [-0.39, 0.29) is 0 Å². The molecule has 0 saturated carbocycles. The van der Waals surface area contributed by atoms with Gasteiger partial charge in [-0.15, -0.1) is 12.1 Å². The second-order valence-electron chi connectivity index (χ2n) is 1.43. The smallest absolute Gasteiger partial charge is 0.0743 e. The maximum Gasteiger partial charge on any atom is 0.0743 e. The van der Waals surface area contributed by atoms with Crippen molar-refractivity contribution in [1.29, 1.82) is 0 Å². The lowest BCUT2D eigenvalue weighted by Crippen LogP contribution is -1.79. The Bertz CT molecular complexity index is 146. The van der Waals surface area contributed by atoms with E-state index in [0.29, 0.717) is 0 Å². The zero-order valence-corrected chi connectivity index (χ0v) is 4.72. The molecule has 0 unspecified atom stereocenters. The highest BCUT2D eigenvalue weighted by atomic mass is 16.5. The largest absolute Gasteiger partial charge is 0.523 e. The second-order valence-corrected chi connectivity index (χ2v) is 1.43. The third-order valence-corrected chi connectivity index (χ3v) is 0.900. The molecule has 1 nitrogen and oxygen atoms in total. The van der Waals surface area contributed by atoms with Crippen molar-refractivity contribution in [2.24, 2.45) is 0 Å². The quantitative estimate of drug-likeness (QED) is 0.494. The van der Waals surface area contributed by atoms with Gasteiger partial charge in [0.15, 0.2) is 0 Å². The lowest BCUT2D eigenvalue weighted by molar-refractivity contribution is 0.414. The molecule has 0 aliphatic heterocycles. The minimum Gasteiger partial charge on any atom is -0.523 e. The van der Waals surface area contributed by atoms with E-state index in [0.717, 1.165) is 5.75 Å². The highest BCUT2D eigenvalue weighted by molar-refractivity contribution is 5.18. The first kappa shape index (κ1) is 5.16. The van der Waals surface area contributed by atoms with Crippen LogP contribution >= 0.6 is 0 Å². The molecule has 42 valence electrons. The molecule has 0 aromatic heterocycles. The van der Waals surface area contributed by atoms with E-state index >= 15 is 0 Å². The van der Waals surface area contributed by atoms with Crippen LogP contribution in [0.4, 0.5) is 0 Å². The molecule has 0 spiro atoms. The van der Waals surface area contributed by atoms with Crippen LogP contribution in [-0.4, -0.2) is 7.11 Å². The maximum absolute atomic E-state index is 4.86. The van der Waals surface area contributed by atoms with E-state index in [1.807, 2.05) is 24.3 Å². The summed E-state index contributed by atoms with van der Waals surface area (Å²) in [6.07, 6.45) is 0. The first-order valence-electron chi connectivity index (χ1n) is 2.44. The standard InChI is InChI=1S/C7H7O/c1-8-7-5-3-2-4-6-7/h2-5H,1H3/q-1. The first-order chi connectivity index (χ1) is 3.93. The average Bonchev–Trinajstić information content (AvgIpc) is 1.90. The summed E-state index contributed by atoms with van der Waals surface area (Å²) in [5.41, 5.74) is 0. The van der Waals surface area contributed by atoms with E-state index < -0.39 is 0 Å². The van der Waals surface area contributed by atoms with Gasteiger partial charge in [0.1, 0.15) is 0 Å². The normalized spacial score (nSPS) is 8.62. The van der Waals surface area contributed by atoms with E-state index in [4.69, 9.17) is 4.74 Å². The van der Waals surface area contributed by atoms with Crippen LogP contribution in [0.25, 0.3) is 0 Å². The predicted molar refractivity (Wildman–Crippen MR) is 31.8 cm³/mol. The van der Waals surface area contributed by atoms with Crippen molar-refractivity contribution in [1.82, 2.24) is 0 Å². The number of methoxy groups -OCH3 is 1. The fourth-order valence-electron chi connectivity index (χ4n) is 0.504. The van der Waals surface area contributed by atoms with E-state index in [1.165, 1.54) is 0 Å². The average molecular weight is 107 g/mol. The van der Waals surface area contributed by atoms with Gasteiger partial charge >= 0.3 is 0 Å². The van der Waals surface area contributed by atoms with Crippen LogP contribution in [0.5, 0.6) is 5.75 Å². The molecule has 0 amide bonds. The summed E-state index contributed by atoms with van der Waals surface area (Å²) >= 11 is 0. The van der Waals surface area contributed by atoms with Crippen LogP contribution in [0, 0.1) is 6.07 Å². The molecule has 0 aliphatic carbocycles. The molecule has 0 heterocycles. The summed E-state index contributed by atoms with van der Waals surface area (Å²) in [6, 6.07) is 10.4. The zero-order chi connectivity index (χ0) is 5.82. The summed E-state index contributed by atoms with van der Waals surface area (Å²) in [4.78, 5) is 0. The van der Waals surface area contributed by atoms with Crippen molar-refractivity contribution in [3.05, 3.63) is 30.3 Å². The van der Waals surface area contributed by atoms with Gasteiger partial charge in [0, 0.05) is 5.75 Å². The number of rotatable bonds is 1. The van der Waals surface area contributed by atoms with E-state index in [1.54, 1.807) is 7.11 Å². The highest BCUT2D eigenvalue weighted by Crippen LogP contribution is 2.04. The van der Waals surface area contributed by atoms with Gasteiger partial charge in [0.2, 0.25) is 0 Å². The number of hydrogen-bond acceptors (Lipinski definition) is 1. The number of benzene rings is 1. The van der Waals surface area contributed by atoms with Crippen LogP contribution in [0.1, 0.15) is 0 Å². The molecule has 0 radical (unpaired) electrons. The van der Waals surface area contributed by atoms with Crippen LogP contribution in [0.3, 0.4) is 0 Å². The van der Waals surface area contributed by atoms with Gasteiger partial charge in [0.25, 0.3) is 0 Å². The first-order valence-corrected chi connectivity index (χ1v) is 2.44. The Kier molecular flexibility index (Phi) is 1.52. The van der Waals surface area contributed by atoms with Gasteiger partial charge in [-0.05, 0) is 0 Å². The van der Waals surface area contributed by atoms with E-state index in [9.17, 15) is 0 Å². The lowest BCUT2D eigenvalue weighted by atomic mass is 10.3. The van der Waals surface area contributed by atoms with Crippen molar-refractivity contribution in [2.45, 2.75) is 0 Å². The molecule has 1 aromatic carbocycles. The van der Waals surface area contributed by atoms with Gasteiger partial charge in [-0.25, -0.2) is 0 Å².